The van der Waals surface area contributed by atoms with Crippen LogP contribution >= 0.6 is 0 Å². The standard InChI is InChI=1S/C26H31N3O3/c1-19-18-23(19)25(31)27-22-12-10-21(11-13-22)26(32)29-16-14-28(15-17-29)24(30)9-5-8-20-6-3-2-4-7-20/h2-4,6-7,10-13,19,23H,5,8-9,14-18H2,1H3,(H,27,31). The fraction of sp³-hybridized carbons (Fsp3) is 0.423. The van der Waals surface area contributed by atoms with E-state index in [1.807, 2.05) is 23.1 Å². The molecule has 4 rings (SSSR count). The number of aryl methyl sites for hydroxylation is 1. The average Bonchev–Trinajstić information content (AvgIpc) is 3.56. The molecule has 6 nitrogen and oxygen atoms in total. The Hall–Kier alpha value is -3.15. The molecule has 2 fully saturated rings. The van der Waals surface area contributed by atoms with Crippen LogP contribution in [0.4, 0.5) is 5.69 Å². The molecule has 1 aliphatic carbocycles. The molecule has 2 unspecified atom stereocenters. The number of anilines is 1. The average molecular weight is 434 g/mol. The predicted octanol–water partition coefficient (Wildman–Crippen LogP) is 3.59. The van der Waals surface area contributed by atoms with Gasteiger partial charge >= 0.3 is 0 Å². The molecule has 0 aromatic heterocycles. The number of carbonyl (C=O) groups excluding carboxylic acids is 3. The second-order valence-electron chi connectivity index (χ2n) is 8.90. The van der Waals surface area contributed by atoms with Crippen molar-refractivity contribution in [1.29, 1.82) is 0 Å². The number of amides is 3. The summed E-state index contributed by atoms with van der Waals surface area (Å²) < 4.78 is 0. The van der Waals surface area contributed by atoms with E-state index in [9.17, 15) is 14.4 Å². The number of rotatable bonds is 7. The number of hydrogen-bond donors (Lipinski definition) is 1. The minimum Gasteiger partial charge on any atom is -0.339 e. The van der Waals surface area contributed by atoms with E-state index >= 15 is 0 Å². The maximum Gasteiger partial charge on any atom is 0.253 e. The molecular weight excluding hydrogens is 402 g/mol. The summed E-state index contributed by atoms with van der Waals surface area (Å²) in [6, 6.07) is 17.3. The number of nitrogens with one attached hydrogen (secondary N) is 1. The molecule has 0 radical (unpaired) electrons. The van der Waals surface area contributed by atoms with E-state index < -0.39 is 0 Å². The van der Waals surface area contributed by atoms with Crippen LogP contribution in [0, 0.1) is 11.8 Å². The maximum absolute atomic E-state index is 12.8. The van der Waals surface area contributed by atoms with Crippen molar-refractivity contribution in [3.8, 4) is 0 Å². The summed E-state index contributed by atoms with van der Waals surface area (Å²) >= 11 is 0. The van der Waals surface area contributed by atoms with E-state index in [-0.39, 0.29) is 23.6 Å². The third-order valence-corrected chi connectivity index (χ3v) is 6.46. The van der Waals surface area contributed by atoms with Gasteiger partial charge in [-0.2, -0.15) is 0 Å². The largest absolute Gasteiger partial charge is 0.339 e. The maximum atomic E-state index is 12.8. The van der Waals surface area contributed by atoms with Crippen LogP contribution in [0.25, 0.3) is 0 Å². The molecule has 0 spiro atoms. The van der Waals surface area contributed by atoms with E-state index in [2.05, 4.69) is 24.4 Å². The van der Waals surface area contributed by atoms with Crippen molar-refractivity contribution in [2.75, 3.05) is 31.5 Å². The van der Waals surface area contributed by atoms with Crippen LogP contribution < -0.4 is 5.32 Å². The highest BCUT2D eigenvalue weighted by Crippen LogP contribution is 2.38. The van der Waals surface area contributed by atoms with E-state index in [1.165, 1.54) is 5.56 Å². The fourth-order valence-corrected chi connectivity index (χ4v) is 4.21. The molecular formula is C26H31N3O3. The zero-order chi connectivity index (χ0) is 22.5. The fourth-order valence-electron chi connectivity index (χ4n) is 4.21. The third kappa shape index (κ3) is 5.55. The Bertz CT molecular complexity index is 950. The lowest BCUT2D eigenvalue weighted by atomic mass is 10.1. The Balaban J connectivity index is 1.20. The summed E-state index contributed by atoms with van der Waals surface area (Å²) in [6.07, 6.45) is 3.23. The van der Waals surface area contributed by atoms with Crippen LogP contribution in [0.15, 0.2) is 54.6 Å². The van der Waals surface area contributed by atoms with Gasteiger partial charge in [0.15, 0.2) is 0 Å². The van der Waals surface area contributed by atoms with Crippen molar-refractivity contribution >= 4 is 23.4 Å². The van der Waals surface area contributed by atoms with Crippen molar-refractivity contribution in [3.05, 3.63) is 65.7 Å². The van der Waals surface area contributed by atoms with Gasteiger partial charge in [-0.3, -0.25) is 14.4 Å². The highest BCUT2D eigenvalue weighted by molar-refractivity contribution is 5.97. The molecule has 1 aliphatic heterocycles. The SMILES string of the molecule is CC1CC1C(=O)Nc1ccc(C(=O)N2CCN(C(=O)CCCc3ccccc3)CC2)cc1. The summed E-state index contributed by atoms with van der Waals surface area (Å²) in [6.45, 7) is 4.31. The van der Waals surface area contributed by atoms with Crippen molar-refractivity contribution < 1.29 is 14.4 Å². The third-order valence-electron chi connectivity index (χ3n) is 6.46. The molecule has 2 aromatic rings. The number of benzene rings is 2. The first-order valence-electron chi connectivity index (χ1n) is 11.5. The molecule has 2 aliphatic rings. The first-order chi connectivity index (χ1) is 15.5. The Kier molecular flexibility index (Phi) is 6.88. The number of hydrogen-bond acceptors (Lipinski definition) is 3. The minimum absolute atomic E-state index is 0.0325. The normalized spacial score (nSPS) is 20.0. The van der Waals surface area contributed by atoms with Gasteiger partial charge in [0.1, 0.15) is 0 Å². The lowest BCUT2D eigenvalue weighted by Gasteiger charge is -2.35. The quantitative estimate of drug-likeness (QED) is 0.726. The number of piperazine rings is 1. The van der Waals surface area contributed by atoms with Gasteiger partial charge in [-0.15, -0.1) is 0 Å². The van der Waals surface area contributed by atoms with Gasteiger partial charge in [-0.05, 0) is 55.0 Å². The monoisotopic (exact) mass is 433 g/mol. The van der Waals surface area contributed by atoms with E-state index in [1.54, 1.807) is 29.2 Å². The van der Waals surface area contributed by atoms with Crippen molar-refractivity contribution in [2.45, 2.75) is 32.6 Å². The van der Waals surface area contributed by atoms with Crippen LogP contribution in [-0.2, 0) is 16.0 Å². The second-order valence-corrected chi connectivity index (χ2v) is 8.90. The van der Waals surface area contributed by atoms with E-state index in [4.69, 9.17) is 0 Å². The Morgan fingerprint density at radius 2 is 1.53 bits per heavy atom. The lowest BCUT2D eigenvalue weighted by molar-refractivity contribution is -0.132. The first-order valence-corrected chi connectivity index (χ1v) is 11.5. The molecule has 168 valence electrons. The number of carbonyl (C=O) groups is 3. The Morgan fingerprint density at radius 3 is 2.16 bits per heavy atom. The van der Waals surface area contributed by atoms with E-state index in [0.717, 1.165) is 24.9 Å². The van der Waals surface area contributed by atoms with Crippen LogP contribution in [-0.4, -0.2) is 53.7 Å². The summed E-state index contributed by atoms with van der Waals surface area (Å²) in [5, 5.41) is 2.92. The number of nitrogens with zero attached hydrogens (tertiary/aromatic N) is 2. The molecule has 1 N–H and O–H groups in total. The summed E-state index contributed by atoms with van der Waals surface area (Å²) in [5.41, 5.74) is 2.57. The van der Waals surface area contributed by atoms with Crippen LogP contribution in [0.2, 0.25) is 0 Å². The smallest absolute Gasteiger partial charge is 0.253 e. The molecule has 2 aromatic carbocycles. The van der Waals surface area contributed by atoms with Gasteiger partial charge < -0.3 is 15.1 Å². The molecule has 0 bridgehead atoms. The zero-order valence-electron chi connectivity index (χ0n) is 18.6. The highest BCUT2D eigenvalue weighted by atomic mass is 16.2. The van der Waals surface area contributed by atoms with Crippen LogP contribution in [0.5, 0.6) is 0 Å². The topological polar surface area (TPSA) is 69.7 Å². The molecule has 3 amide bonds. The summed E-state index contributed by atoms with van der Waals surface area (Å²) in [4.78, 5) is 41.1. The Labute approximate surface area is 189 Å². The Morgan fingerprint density at radius 1 is 0.906 bits per heavy atom. The van der Waals surface area contributed by atoms with Crippen LogP contribution in [0.1, 0.15) is 42.1 Å². The minimum atomic E-state index is -0.0325. The predicted molar refractivity (Wildman–Crippen MR) is 124 cm³/mol. The summed E-state index contributed by atoms with van der Waals surface area (Å²) in [7, 11) is 0. The molecule has 1 saturated heterocycles. The lowest BCUT2D eigenvalue weighted by Crippen LogP contribution is -2.50. The molecule has 32 heavy (non-hydrogen) atoms. The molecule has 6 heteroatoms. The second kappa shape index (κ2) is 9.98. The molecule has 1 saturated carbocycles. The van der Waals surface area contributed by atoms with Gasteiger partial charge in [-0.1, -0.05) is 37.3 Å². The molecule has 2 atom stereocenters. The van der Waals surface area contributed by atoms with Gasteiger partial charge in [0.05, 0.1) is 0 Å². The van der Waals surface area contributed by atoms with Gasteiger partial charge in [0, 0.05) is 49.8 Å². The highest BCUT2D eigenvalue weighted by Gasteiger charge is 2.39. The van der Waals surface area contributed by atoms with Crippen molar-refractivity contribution in [3.63, 3.8) is 0 Å². The van der Waals surface area contributed by atoms with Gasteiger partial charge in [-0.25, -0.2) is 0 Å². The van der Waals surface area contributed by atoms with Crippen molar-refractivity contribution in [2.24, 2.45) is 11.8 Å². The van der Waals surface area contributed by atoms with E-state index in [0.29, 0.717) is 44.1 Å². The van der Waals surface area contributed by atoms with Gasteiger partial charge in [0.2, 0.25) is 11.8 Å². The zero-order valence-corrected chi connectivity index (χ0v) is 18.6. The van der Waals surface area contributed by atoms with Gasteiger partial charge in [0.25, 0.3) is 5.91 Å². The summed E-state index contributed by atoms with van der Waals surface area (Å²) in [5.74, 6) is 0.771. The first kappa shape index (κ1) is 22.1. The molecule has 1 heterocycles. The van der Waals surface area contributed by atoms with Crippen LogP contribution in [0.3, 0.4) is 0 Å². The van der Waals surface area contributed by atoms with Crippen molar-refractivity contribution in [1.82, 2.24) is 9.80 Å².